The number of aromatic nitrogens is 4. The second-order valence-corrected chi connectivity index (χ2v) is 6.25. The van der Waals surface area contributed by atoms with E-state index < -0.39 is 6.10 Å². The molecule has 144 valence electrons. The summed E-state index contributed by atoms with van der Waals surface area (Å²) in [6, 6.07) is 3.16. The van der Waals surface area contributed by atoms with Crippen LogP contribution in [0.4, 0.5) is 5.95 Å². The average Bonchev–Trinajstić information content (AvgIpc) is 2.71. The van der Waals surface area contributed by atoms with E-state index >= 15 is 0 Å². The fraction of sp³-hybridized carbons (Fsp3) is 0.500. The summed E-state index contributed by atoms with van der Waals surface area (Å²) >= 11 is 0. The van der Waals surface area contributed by atoms with Crippen molar-refractivity contribution in [2.75, 3.05) is 37.7 Å². The molecule has 0 bridgehead atoms. The van der Waals surface area contributed by atoms with Crippen LogP contribution in [0.15, 0.2) is 29.5 Å². The molecule has 3 rings (SSSR count). The number of carbonyl (C=O) groups excluding carboxylic acids is 1. The minimum absolute atomic E-state index is 0.0401. The SMILES string of the molecule is CCN(CC)C(=O)C1CN(c2nc(-c3ccncn3)cc(=O)n2C)CCO1. The molecule has 1 unspecified atom stereocenters. The normalized spacial score (nSPS) is 17.0. The van der Waals surface area contributed by atoms with E-state index in [2.05, 4.69) is 15.0 Å². The molecule has 1 saturated heterocycles. The number of hydrogen-bond acceptors (Lipinski definition) is 7. The van der Waals surface area contributed by atoms with Crippen molar-refractivity contribution in [2.45, 2.75) is 20.0 Å². The third-order valence-corrected chi connectivity index (χ3v) is 4.66. The van der Waals surface area contributed by atoms with Crippen LogP contribution >= 0.6 is 0 Å². The molecular formula is C18H24N6O3. The van der Waals surface area contributed by atoms with Crippen molar-refractivity contribution in [1.29, 1.82) is 0 Å². The monoisotopic (exact) mass is 372 g/mol. The molecule has 2 aromatic heterocycles. The first-order valence-electron chi connectivity index (χ1n) is 9.05. The Morgan fingerprint density at radius 1 is 1.33 bits per heavy atom. The van der Waals surface area contributed by atoms with Crippen molar-refractivity contribution in [1.82, 2.24) is 24.4 Å². The maximum absolute atomic E-state index is 12.6. The van der Waals surface area contributed by atoms with Crippen LogP contribution < -0.4 is 10.5 Å². The molecule has 3 heterocycles. The summed E-state index contributed by atoms with van der Waals surface area (Å²) in [5.41, 5.74) is 0.869. The Morgan fingerprint density at radius 2 is 2.11 bits per heavy atom. The molecule has 1 amide bonds. The molecule has 1 aliphatic heterocycles. The highest BCUT2D eigenvalue weighted by Gasteiger charge is 2.31. The van der Waals surface area contributed by atoms with Crippen LogP contribution in [0.3, 0.4) is 0 Å². The minimum Gasteiger partial charge on any atom is -0.365 e. The molecule has 0 radical (unpaired) electrons. The summed E-state index contributed by atoms with van der Waals surface area (Å²) in [6.07, 6.45) is 2.45. The summed E-state index contributed by atoms with van der Waals surface area (Å²) in [7, 11) is 1.67. The van der Waals surface area contributed by atoms with Crippen LogP contribution in [-0.4, -0.2) is 69.2 Å². The van der Waals surface area contributed by atoms with Gasteiger partial charge in [-0.25, -0.2) is 15.0 Å². The van der Waals surface area contributed by atoms with Gasteiger partial charge >= 0.3 is 0 Å². The van der Waals surface area contributed by atoms with E-state index in [0.717, 1.165) is 0 Å². The number of anilines is 1. The standard InChI is InChI=1S/C18H24N6O3/c1-4-23(5-2)17(26)15-11-24(8-9-27-15)18-21-14(10-16(25)22(18)3)13-6-7-19-12-20-13/h6-7,10,12,15H,4-5,8-9,11H2,1-3H3. The Morgan fingerprint density at radius 3 is 2.78 bits per heavy atom. The third-order valence-electron chi connectivity index (χ3n) is 4.66. The molecule has 0 N–H and O–H groups in total. The summed E-state index contributed by atoms with van der Waals surface area (Å²) in [6.45, 7) is 6.45. The number of amides is 1. The molecule has 27 heavy (non-hydrogen) atoms. The molecule has 0 aromatic carbocycles. The van der Waals surface area contributed by atoms with Gasteiger partial charge in [0.2, 0.25) is 5.95 Å². The van der Waals surface area contributed by atoms with Crippen molar-refractivity contribution in [3.63, 3.8) is 0 Å². The lowest BCUT2D eigenvalue weighted by atomic mass is 10.2. The van der Waals surface area contributed by atoms with Gasteiger partial charge in [0.25, 0.3) is 11.5 Å². The molecule has 0 spiro atoms. The fourth-order valence-electron chi connectivity index (χ4n) is 3.10. The van der Waals surface area contributed by atoms with Gasteiger partial charge in [0.1, 0.15) is 6.33 Å². The van der Waals surface area contributed by atoms with Gasteiger partial charge in [-0.1, -0.05) is 0 Å². The largest absolute Gasteiger partial charge is 0.365 e. The highest BCUT2D eigenvalue weighted by atomic mass is 16.5. The number of ether oxygens (including phenoxy) is 1. The molecule has 0 aliphatic carbocycles. The lowest BCUT2D eigenvalue weighted by molar-refractivity contribution is -0.144. The molecule has 0 saturated carbocycles. The van der Waals surface area contributed by atoms with Gasteiger partial charge in [-0.2, -0.15) is 0 Å². The van der Waals surface area contributed by atoms with Crippen molar-refractivity contribution in [3.8, 4) is 11.4 Å². The molecule has 2 aromatic rings. The highest BCUT2D eigenvalue weighted by Crippen LogP contribution is 2.19. The van der Waals surface area contributed by atoms with Crippen LogP contribution in [0.2, 0.25) is 0 Å². The van der Waals surface area contributed by atoms with Gasteiger partial charge in [0.15, 0.2) is 6.10 Å². The summed E-state index contributed by atoms with van der Waals surface area (Å²) in [5.74, 6) is 0.457. The van der Waals surface area contributed by atoms with Gasteiger partial charge in [0, 0.05) is 38.9 Å². The van der Waals surface area contributed by atoms with Crippen molar-refractivity contribution in [2.24, 2.45) is 7.05 Å². The Hall–Kier alpha value is -2.81. The first-order chi connectivity index (χ1) is 13.0. The Labute approximate surface area is 157 Å². The van der Waals surface area contributed by atoms with Gasteiger partial charge in [0.05, 0.1) is 24.5 Å². The molecule has 9 heteroatoms. The number of nitrogens with zero attached hydrogens (tertiary/aromatic N) is 6. The summed E-state index contributed by atoms with van der Waals surface area (Å²) in [4.78, 5) is 41.4. The predicted molar refractivity (Wildman–Crippen MR) is 100 cm³/mol. The second kappa shape index (κ2) is 8.26. The number of rotatable bonds is 5. The van der Waals surface area contributed by atoms with E-state index in [0.29, 0.717) is 50.1 Å². The van der Waals surface area contributed by atoms with E-state index in [1.165, 1.54) is 17.0 Å². The van der Waals surface area contributed by atoms with E-state index in [4.69, 9.17) is 4.74 Å². The molecule has 9 nitrogen and oxygen atoms in total. The van der Waals surface area contributed by atoms with Crippen molar-refractivity contribution in [3.05, 3.63) is 35.0 Å². The molecular weight excluding hydrogens is 348 g/mol. The highest BCUT2D eigenvalue weighted by molar-refractivity contribution is 5.81. The molecule has 1 fully saturated rings. The van der Waals surface area contributed by atoms with Crippen LogP contribution in [0.5, 0.6) is 0 Å². The molecule has 1 atom stereocenters. The van der Waals surface area contributed by atoms with E-state index in [1.807, 2.05) is 18.7 Å². The minimum atomic E-state index is -0.571. The zero-order valence-corrected chi connectivity index (χ0v) is 15.8. The van der Waals surface area contributed by atoms with Crippen molar-refractivity contribution >= 4 is 11.9 Å². The summed E-state index contributed by atoms with van der Waals surface area (Å²) in [5, 5.41) is 0. The van der Waals surface area contributed by atoms with Crippen LogP contribution in [0.25, 0.3) is 11.4 Å². The fourth-order valence-corrected chi connectivity index (χ4v) is 3.10. The zero-order valence-electron chi connectivity index (χ0n) is 15.8. The molecule has 1 aliphatic rings. The smallest absolute Gasteiger partial charge is 0.255 e. The number of likely N-dealkylation sites (N-methyl/N-ethyl adjacent to an activating group) is 1. The quantitative estimate of drug-likeness (QED) is 0.746. The first-order valence-corrected chi connectivity index (χ1v) is 9.05. The van der Waals surface area contributed by atoms with Gasteiger partial charge in [-0.05, 0) is 19.9 Å². The maximum Gasteiger partial charge on any atom is 0.255 e. The average molecular weight is 372 g/mol. The van der Waals surface area contributed by atoms with E-state index in [9.17, 15) is 9.59 Å². The predicted octanol–water partition coefficient (Wildman–Crippen LogP) is 0.311. The summed E-state index contributed by atoms with van der Waals surface area (Å²) < 4.78 is 7.17. The van der Waals surface area contributed by atoms with Crippen LogP contribution in [-0.2, 0) is 16.6 Å². The van der Waals surface area contributed by atoms with Crippen molar-refractivity contribution < 1.29 is 9.53 Å². The maximum atomic E-state index is 12.6. The number of carbonyl (C=O) groups is 1. The lowest BCUT2D eigenvalue weighted by Gasteiger charge is -2.35. The van der Waals surface area contributed by atoms with Gasteiger partial charge < -0.3 is 14.5 Å². The number of hydrogen-bond donors (Lipinski definition) is 0. The zero-order chi connectivity index (χ0) is 19.4. The van der Waals surface area contributed by atoms with Crippen LogP contribution in [0, 0.1) is 0 Å². The first kappa shape index (κ1) is 19.0. The number of morpholine rings is 1. The van der Waals surface area contributed by atoms with Crippen LogP contribution in [0.1, 0.15) is 13.8 Å². The van der Waals surface area contributed by atoms with E-state index in [1.54, 1.807) is 24.2 Å². The Balaban J connectivity index is 1.90. The third kappa shape index (κ3) is 3.97. The van der Waals surface area contributed by atoms with E-state index in [-0.39, 0.29) is 11.5 Å². The topological polar surface area (TPSA) is 93.5 Å². The lowest BCUT2D eigenvalue weighted by Crippen LogP contribution is -2.52. The van der Waals surface area contributed by atoms with Gasteiger partial charge in [-0.3, -0.25) is 14.2 Å². The Bertz CT molecular complexity index is 850. The van der Waals surface area contributed by atoms with Gasteiger partial charge in [-0.15, -0.1) is 0 Å². The second-order valence-electron chi connectivity index (χ2n) is 6.25. The Kier molecular flexibility index (Phi) is 5.80.